The molecule has 0 aromatic heterocycles. The third-order valence-corrected chi connectivity index (χ3v) is 3.86. The lowest BCUT2D eigenvalue weighted by molar-refractivity contribution is -0.0430. The third kappa shape index (κ3) is 5.30. The number of hydrogen-bond acceptors (Lipinski definition) is 4. The Morgan fingerprint density at radius 3 is 2.90 bits per heavy atom. The van der Waals surface area contributed by atoms with Gasteiger partial charge in [0.05, 0.1) is 12.7 Å². The van der Waals surface area contributed by atoms with Crippen LogP contribution in [0.2, 0.25) is 0 Å². The van der Waals surface area contributed by atoms with Gasteiger partial charge >= 0.3 is 0 Å². The maximum Gasteiger partial charge on any atom is 0.122 e. The highest BCUT2D eigenvalue weighted by molar-refractivity contribution is 5.35. The molecule has 0 aliphatic carbocycles. The first-order valence-corrected chi connectivity index (χ1v) is 7.72. The van der Waals surface area contributed by atoms with Gasteiger partial charge in [0, 0.05) is 33.4 Å². The lowest BCUT2D eigenvalue weighted by atomic mass is 10.1. The minimum atomic E-state index is 0.291. The standard InChI is InChI=1S/C17H27NO3/c1-14-4-5-17(15(2)12-14)21-11-8-18-7-10-20-16(13-18)6-9-19-3/h4-5,12,16H,6-11,13H2,1-3H3. The lowest BCUT2D eigenvalue weighted by Gasteiger charge is -2.32. The zero-order valence-corrected chi connectivity index (χ0v) is 13.4. The van der Waals surface area contributed by atoms with E-state index in [1.807, 2.05) is 0 Å². The zero-order valence-electron chi connectivity index (χ0n) is 13.4. The van der Waals surface area contributed by atoms with E-state index in [9.17, 15) is 0 Å². The average molecular weight is 293 g/mol. The summed E-state index contributed by atoms with van der Waals surface area (Å²) >= 11 is 0. The van der Waals surface area contributed by atoms with Crippen molar-refractivity contribution in [2.24, 2.45) is 0 Å². The molecule has 1 heterocycles. The molecule has 1 atom stereocenters. The second-order valence-corrected chi connectivity index (χ2v) is 5.69. The Hall–Kier alpha value is -1.10. The fourth-order valence-electron chi connectivity index (χ4n) is 2.65. The number of hydrogen-bond donors (Lipinski definition) is 0. The molecule has 2 rings (SSSR count). The molecule has 0 spiro atoms. The van der Waals surface area contributed by atoms with Crippen LogP contribution in [0.5, 0.6) is 5.75 Å². The first-order valence-electron chi connectivity index (χ1n) is 7.72. The Morgan fingerprint density at radius 2 is 2.14 bits per heavy atom. The molecule has 1 aliphatic heterocycles. The van der Waals surface area contributed by atoms with E-state index in [0.29, 0.717) is 6.10 Å². The van der Waals surface area contributed by atoms with Crippen molar-refractivity contribution in [2.45, 2.75) is 26.4 Å². The van der Waals surface area contributed by atoms with Crippen LogP contribution in [0.3, 0.4) is 0 Å². The van der Waals surface area contributed by atoms with Gasteiger partial charge in [0.25, 0.3) is 0 Å². The molecule has 118 valence electrons. The molecule has 0 N–H and O–H groups in total. The molecule has 1 saturated heterocycles. The van der Waals surface area contributed by atoms with Crippen LogP contribution in [0.4, 0.5) is 0 Å². The maximum atomic E-state index is 5.90. The Morgan fingerprint density at radius 1 is 1.29 bits per heavy atom. The molecule has 1 unspecified atom stereocenters. The fourth-order valence-corrected chi connectivity index (χ4v) is 2.65. The molecule has 0 bridgehead atoms. The topological polar surface area (TPSA) is 30.9 Å². The van der Waals surface area contributed by atoms with Crippen molar-refractivity contribution in [2.75, 3.05) is 46.6 Å². The number of aryl methyl sites for hydroxylation is 2. The number of morpholine rings is 1. The summed E-state index contributed by atoms with van der Waals surface area (Å²) in [5.74, 6) is 0.991. The summed E-state index contributed by atoms with van der Waals surface area (Å²) < 4.78 is 16.8. The van der Waals surface area contributed by atoms with E-state index < -0.39 is 0 Å². The fraction of sp³-hybridized carbons (Fsp3) is 0.647. The predicted molar refractivity (Wildman–Crippen MR) is 84.1 cm³/mol. The molecule has 0 amide bonds. The van der Waals surface area contributed by atoms with E-state index in [1.165, 1.54) is 11.1 Å². The number of rotatable bonds is 7. The van der Waals surface area contributed by atoms with Gasteiger partial charge < -0.3 is 14.2 Å². The van der Waals surface area contributed by atoms with Crippen molar-refractivity contribution in [3.63, 3.8) is 0 Å². The first-order chi connectivity index (χ1) is 10.2. The summed E-state index contributed by atoms with van der Waals surface area (Å²) in [4.78, 5) is 2.41. The van der Waals surface area contributed by atoms with E-state index in [-0.39, 0.29) is 0 Å². The van der Waals surface area contributed by atoms with Crippen LogP contribution in [0, 0.1) is 13.8 Å². The van der Waals surface area contributed by atoms with Crippen LogP contribution in [-0.2, 0) is 9.47 Å². The van der Waals surface area contributed by atoms with Gasteiger partial charge in [-0.2, -0.15) is 0 Å². The van der Waals surface area contributed by atoms with E-state index >= 15 is 0 Å². The molecule has 4 heteroatoms. The van der Waals surface area contributed by atoms with Gasteiger partial charge in [-0.25, -0.2) is 0 Å². The van der Waals surface area contributed by atoms with Crippen molar-refractivity contribution in [1.82, 2.24) is 4.90 Å². The summed E-state index contributed by atoms with van der Waals surface area (Å²) in [6, 6.07) is 6.31. The van der Waals surface area contributed by atoms with Crippen molar-refractivity contribution in [1.29, 1.82) is 0 Å². The Balaban J connectivity index is 1.72. The van der Waals surface area contributed by atoms with E-state index in [4.69, 9.17) is 14.2 Å². The van der Waals surface area contributed by atoms with Crippen LogP contribution in [-0.4, -0.2) is 57.6 Å². The number of methoxy groups -OCH3 is 1. The largest absolute Gasteiger partial charge is 0.492 e. The van der Waals surface area contributed by atoms with Crippen LogP contribution in [0.25, 0.3) is 0 Å². The highest BCUT2D eigenvalue weighted by atomic mass is 16.5. The molecule has 0 radical (unpaired) electrons. The van der Waals surface area contributed by atoms with Gasteiger partial charge in [0.1, 0.15) is 12.4 Å². The molecule has 1 fully saturated rings. The maximum absolute atomic E-state index is 5.90. The van der Waals surface area contributed by atoms with E-state index in [1.54, 1.807) is 7.11 Å². The Labute approximate surface area is 128 Å². The third-order valence-electron chi connectivity index (χ3n) is 3.86. The number of nitrogens with zero attached hydrogens (tertiary/aromatic N) is 1. The number of ether oxygens (including phenoxy) is 3. The molecule has 1 aliphatic rings. The Kier molecular flexibility index (Phi) is 6.49. The SMILES string of the molecule is COCCC1CN(CCOc2ccc(C)cc2C)CCO1. The van der Waals surface area contributed by atoms with E-state index in [2.05, 4.69) is 36.9 Å². The van der Waals surface area contributed by atoms with Crippen LogP contribution in [0.15, 0.2) is 18.2 Å². The van der Waals surface area contributed by atoms with Gasteiger partial charge in [-0.05, 0) is 31.9 Å². The monoisotopic (exact) mass is 293 g/mol. The zero-order chi connectivity index (χ0) is 15.1. The smallest absolute Gasteiger partial charge is 0.122 e. The number of benzene rings is 1. The van der Waals surface area contributed by atoms with E-state index in [0.717, 1.165) is 51.6 Å². The molecule has 1 aromatic rings. The molecular weight excluding hydrogens is 266 g/mol. The minimum Gasteiger partial charge on any atom is -0.492 e. The second kappa shape index (κ2) is 8.37. The van der Waals surface area contributed by atoms with Crippen LogP contribution in [0.1, 0.15) is 17.5 Å². The second-order valence-electron chi connectivity index (χ2n) is 5.69. The van der Waals surface area contributed by atoms with Crippen LogP contribution < -0.4 is 4.74 Å². The average Bonchev–Trinajstić information content (AvgIpc) is 2.48. The molecule has 1 aromatic carbocycles. The summed E-state index contributed by atoms with van der Waals surface area (Å²) in [6.45, 7) is 9.39. The molecular formula is C17H27NO3. The lowest BCUT2D eigenvalue weighted by Crippen LogP contribution is -2.44. The molecule has 0 saturated carbocycles. The Bertz CT molecular complexity index is 436. The summed E-state index contributed by atoms with van der Waals surface area (Å²) in [6.07, 6.45) is 1.25. The van der Waals surface area contributed by atoms with Crippen molar-refractivity contribution in [3.05, 3.63) is 29.3 Å². The quantitative estimate of drug-likeness (QED) is 0.772. The van der Waals surface area contributed by atoms with Crippen molar-refractivity contribution in [3.8, 4) is 5.75 Å². The summed E-state index contributed by atoms with van der Waals surface area (Å²) in [5, 5.41) is 0. The highest BCUT2D eigenvalue weighted by Crippen LogP contribution is 2.18. The van der Waals surface area contributed by atoms with Gasteiger partial charge in [-0.1, -0.05) is 17.7 Å². The highest BCUT2D eigenvalue weighted by Gasteiger charge is 2.19. The van der Waals surface area contributed by atoms with Gasteiger partial charge in [-0.3, -0.25) is 4.90 Å². The van der Waals surface area contributed by atoms with Crippen molar-refractivity contribution >= 4 is 0 Å². The van der Waals surface area contributed by atoms with Gasteiger partial charge in [0.15, 0.2) is 0 Å². The summed E-state index contributed by atoms with van der Waals surface area (Å²) in [5.41, 5.74) is 2.48. The molecule has 4 nitrogen and oxygen atoms in total. The van der Waals surface area contributed by atoms with Gasteiger partial charge in [0.2, 0.25) is 0 Å². The van der Waals surface area contributed by atoms with Crippen molar-refractivity contribution < 1.29 is 14.2 Å². The predicted octanol–water partition coefficient (Wildman–Crippen LogP) is 2.42. The first kappa shape index (κ1) is 16.3. The summed E-state index contributed by atoms with van der Waals surface area (Å²) in [7, 11) is 1.73. The van der Waals surface area contributed by atoms with Gasteiger partial charge in [-0.15, -0.1) is 0 Å². The minimum absolute atomic E-state index is 0.291. The normalized spacial score (nSPS) is 19.7. The molecule has 21 heavy (non-hydrogen) atoms. The van der Waals surface area contributed by atoms with Crippen LogP contribution >= 0.6 is 0 Å².